The Labute approximate surface area is 98.4 Å². The quantitative estimate of drug-likeness (QED) is 0.659. The number of carbonyl (C=O) groups excluding carboxylic acids is 1. The van der Waals surface area contributed by atoms with E-state index in [-0.39, 0.29) is 5.91 Å². The molecule has 2 N–H and O–H groups in total. The molecule has 1 rings (SSSR count). The summed E-state index contributed by atoms with van der Waals surface area (Å²) >= 11 is 1.46. The van der Waals surface area contributed by atoms with E-state index < -0.39 is 0 Å². The van der Waals surface area contributed by atoms with Crippen LogP contribution in [0, 0.1) is 0 Å². The molecule has 0 fully saturated rings. The Kier molecular flexibility index (Phi) is 5.20. The number of amides is 1. The molecule has 8 heteroatoms. The lowest BCUT2D eigenvalue weighted by atomic mass is 10.4. The van der Waals surface area contributed by atoms with Gasteiger partial charge >= 0.3 is 0 Å². The topological polar surface area (TPSA) is 89.9 Å². The Balaban J connectivity index is 2.37. The van der Waals surface area contributed by atoms with Crippen molar-refractivity contribution in [2.45, 2.75) is 18.1 Å². The van der Waals surface area contributed by atoms with Crippen LogP contribution in [0.1, 0.15) is 6.42 Å². The Hall–Kier alpha value is -1.15. The van der Waals surface area contributed by atoms with Crippen LogP contribution in [-0.2, 0) is 11.3 Å². The first-order chi connectivity index (χ1) is 7.65. The van der Waals surface area contributed by atoms with Crippen LogP contribution in [0.5, 0.6) is 0 Å². The second-order valence-electron chi connectivity index (χ2n) is 3.36. The van der Waals surface area contributed by atoms with Crippen LogP contribution in [-0.4, -0.2) is 57.4 Å². The van der Waals surface area contributed by atoms with Crippen molar-refractivity contribution < 1.29 is 4.79 Å². The fourth-order valence-corrected chi connectivity index (χ4v) is 1.85. The van der Waals surface area contributed by atoms with Crippen molar-refractivity contribution in [1.82, 2.24) is 25.1 Å². The van der Waals surface area contributed by atoms with Crippen molar-refractivity contribution in [3.8, 4) is 0 Å². The molecule has 0 radical (unpaired) electrons. The molecule has 1 aromatic heterocycles. The van der Waals surface area contributed by atoms with Gasteiger partial charge in [-0.1, -0.05) is 11.8 Å². The molecule has 0 aliphatic rings. The number of hydrogen-bond donors (Lipinski definition) is 1. The van der Waals surface area contributed by atoms with E-state index in [9.17, 15) is 4.79 Å². The van der Waals surface area contributed by atoms with Crippen molar-refractivity contribution in [2.75, 3.05) is 26.4 Å². The molecule has 0 aromatic carbocycles. The standard InChI is InChI=1S/C8H16N6OS/c1-13(2)7(15)3-6-16-8-10-11-12-14(8)5-4-9/h3-6,9H2,1-2H3. The first-order valence-corrected chi connectivity index (χ1v) is 5.93. The number of nitrogens with two attached hydrogens (primary N) is 1. The van der Waals surface area contributed by atoms with Crippen molar-refractivity contribution in [2.24, 2.45) is 5.73 Å². The molecular weight excluding hydrogens is 228 g/mol. The molecule has 0 bridgehead atoms. The monoisotopic (exact) mass is 244 g/mol. The highest BCUT2D eigenvalue weighted by atomic mass is 32.2. The van der Waals surface area contributed by atoms with Gasteiger partial charge in [-0.05, 0) is 10.4 Å². The van der Waals surface area contributed by atoms with E-state index >= 15 is 0 Å². The Morgan fingerprint density at radius 2 is 2.31 bits per heavy atom. The molecule has 0 saturated heterocycles. The fourth-order valence-electron chi connectivity index (χ4n) is 1.02. The SMILES string of the molecule is CN(C)C(=O)CCSc1nnnn1CCN. The zero-order valence-corrected chi connectivity index (χ0v) is 10.3. The summed E-state index contributed by atoms with van der Waals surface area (Å²) in [4.78, 5) is 12.9. The van der Waals surface area contributed by atoms with Gasteiger partial charge in [0.05, 0.1) is 6.54 Å². The first kappa shape index (κ1) is 12.9. The highest BCUT2D eigenvalue weighted by molar-refractivity contribution is 7.99. The highest BCUT2D eigenvalue weighted by Gasteiger charge is 2.08. The largest absolute Gasteiger partial charge is 0.349 e. The molecule has 0 atom stereocenters. The molecule has 0 aliphatic carbocycles. The highest BCUT2D eigenvalue weighted by Crippen LogP contribution is 2.14. The lowest BCUT2D eigenvalue weighted by Crippen LogP contribution is -2.21. The number of nitrogens with zero attached hydrogens (tertiary/aromatic N) is 5. The first-order valence-electron chi connectivity index (χ1n) is 4.94. The lowest BCUT2D eigenvalue weighted by Gasteiger charge is -2.09. The predicted molar refractivity (Wildman–Crippen MR) is 60.9 cm³/mol. The van der Waals surface area contributed by atoms with Gasteiger partial charge in [0.2, 0.25) is 11.1 Å². The summed E-state index contributed by atoms with van der Waals surface area (Å²) < 4.78 is 1.64. The molecule has 0 unspecified atom stereocenters. The summed E-state index contributed by atoms with van der Waals surface area (Å²) in [5, 5.41) is 11.9. The second-order valence-corrected chi connectivity index (χ2v) is 4.42. The minimum atomic E-state index is 0.102. The van der Waals surface area contributed by atoms with E-state index in [0.29, 0.717) is 30.4 Å². The van der Waals surface area contributed by atoms with Gasteiger partial charge in [0.25, 0.3) is 0 Å². The number of carbonyl (C=O) groups is 1. The average Bonchev–Trinajstić information content (AvgIpc) is 2.66. The molecular formula is C8H16N6OS. The molecule has 1 aromatic rings. The zero-order chi connectivity index (χ0) is 12.0. The van der Waals surface area contributed by atoms with Crippen LogP contribution in [0.25, 0.3) is 0 Å². The molecule has 16 heavy (non-hydrogen) atoms. The van der Waals surface area contributed by atoms with Crippen molar-refractivity contribution in [1.29, 1.82) is 0 Å². The van der Waals surface area contributed by atoms with Gasteiger partial charge in [-0.3, -0.25) is 4.79 Å². The number of thioether (sulfide) groups is 1. The molecule has 0 spiro atoms. The van der Waals surface area contributed by atoms with Gasteiger partial charge in [0.1, 0.15) is 0 Å². The minimum Gasteiger partial charge on any atom is -0.349 e. The van der Waals surface area contributed by atoms with Crippen LogP contribution in [0.3, 0.4) is 0 Å². The van der Waals surface area contributed by atoms with Gasteiger partial charge in [-0.2, -0.15) is 0 Å². The minimum absolute atomic E-state index is 0.102. The molecule has 0 aliphatic heterocycles. The third kappa shape index (κ3) is 3.78. The van der Waals surface area contributed by atoms with E-state index in [2.05, 4.69) is 15.5 Å². The average molecular weight is 244 g/mol. The summed E-state index contributed by atoms with van der Waals surface area (Å²) in [7, 11) is 3.48. The van der Waals surface area contributed by atoms with Gasteiger partial charge in [0, 0.05) is 32.8 Å². The van der Waals surface area contributed by atoms with Gasteiger partial charge in [-0.15, -0.1) is 5.10 Å². The third-order valence-corrected chi connectivity index (χ3v) is 2.84. The molecule has 90 valence electrons. The van der Waals surface area contributed by atoms with Gasteiger partial charge in [-0.25, -0.2) is 4.68 Å². The van der Waals surface area contributed by atoms with Crippen LogP contribution in [0.4, 0.5) is 0 Å². The van der Waals surface area contributed by atoms with Crippen LogP contribution in [0.2, 0.25) is 0 Å². The van der Waals surface area contributed by atoms with Crippen molar-refractivity contribution in [3.05, 3.63) is 0 Å². The Morgan fingerprint density at radius 1 is 1.56 bits per heavy atom. The maximum absolute atomic E-state index is 11.3. The predicted octanol–water partition coefficient (Wildman–Crippen LogP) is -0.798. The molecule has 1 heterocycles. The van der Waals surface area contributed by atoms with Gasteiger partial charge in [0.15, 0.2) is 0 Å². The Morgan fingerprint density at radius 3 is 2.94 bits per heavy atom. The maximum atomic E-state index is 11.3. The summed E-state index contributed by atoms with van der Waals surface area (Å²) in [6.45, 7) is 1.09. The molecule has 1 amide bonds. The molecule has 0 saturated carbocycles. The van der Waals surface area contributed by atoms with Crippen LogP contribution >= 0.6 is 11.8 Å². The number of hydrogen-bond acceptors (Lipinski definition) is 6. The van der Waals surface area contributed by atoms with Crippen molar-refractivity contribution >= 4 is 17.7 Å². The number of tetrazole rings is 1. The Bertz CT molecular complexity index is 339. The smallest absolute Gasteiger partial charge is 0.222 e. The van der Waals surface area contributed by atoms with E-state index in [1.165, 1.54) is 11.8 Å². The lowest BCUT2D eigenvalue weighted by molar-refractivity contribution is -0.128. The fraction of sp³-hybridized carbons (Fsp3) is 0.750. The summed E-state index contributed by atoms with van der Waals surface area (Å²) in [6, 6.07) is 0. The summed E-state index contributed by atoms with van der Waals surface area (Å²) in [5.74, 6) is 0.771. The number of rotatable bonds is 6. The maximum Gasteiger partial charge on any atom is 0.222 e. The van der Waals surface area contributed by atoms with E-state index in [1.807, 2.05) is 0 Å². The van der Waals surface area contributed by atoms with Gasteiger partial charge < -0.3 is 10.6 Å². The van der Waals surface area contributed by atoms with E-state index in [1.54, 1.807) is 23.7 Å². The van der Waals surface area contributed by atoms with E-state index in [0.717, 1.165) is 0 Å². The number of aromatic nitrogens is 4. The van der Waals surface area contributed by atoms with Crippen LogP contribution < -0.4 is 5.73 Å². The van der Waals surface area contributed by atoms with Crippen molar-refractivity contribution in [3.63, 3.8) is 0 Å². The summed E-state index contributed by atoms with van der Waals surface area (Å²) in [5.41, 5.74) is 5.42. The zero-order valence-electron chi connectivity index (χ0n) is 9.46. The third-order valence-electron chi connectivity index (χ3n) is 1.89. The summed E-state index contributed by atoms with van der Waals surface area (Å²) in [6.07, 6.45) is 0.479. The normalized spacial score (nSPS) is 10.4. The molecule has 7 nitrogen and oxygen atoms in total. The van der Waals surface area contributed by atoms with Crippen LogP contribution in [0.15, 0.2) is 5.16 Å². The second kappa shape index (κ2) is 6.44. The van der Waals surface area contributed by atoms with E-state index in [4.69, 9.17) is 5.73 Å².